The number of hydrogen-bond acceptors (Lipinski definition) is 3. The molecule has 9 heavy (non-hydrogen) atoms. The molecule has 0 bridgehead atoms. The summed E-state index contributed by atoms with van der Waals surface area (Å²) >= 11 is 0. The normalized spacial score (nSPS) is 9.44. The van der Waals surface area contributed by atoms with Crippen LogP contribution in [-0.4, -0.2) is 10.2 Å². The third-order valence-electron chi connectivity index (χ3n) is 1.05. The van der Waals surface area contributed by atoms with Gasteiger partial charge < -0.3 is 5.21 Å². The van der Waals surface area contributed by atoms with Crippen LogP contribution in [0.5, 0.6) is 0 Å². The molecule has 0 fully saturated rings. The van der Waals surface area contributed by atoms with E-state index < -0.39 is 0 Å². The highest BCUT2D eigenvalue weighted by Crippen LogP contribution is 1.89. The van der Waals surface area contributed by atoms with Gasteiger partial charge >= 0.3 is 0 Å². The Balaban J connectivity index is 2.88. The fraction of sp³-hybridized carbons (Fsp3) is 0.400. The van der Waals surface area contributed by atoms with Gasteiger partial charge in [0, 0.05) is 15.8 Å². The third-order valence-corrected chi connectivity index (χ3v) is 1.05. The molecule has 0 aliphatic heterocycles. The minimum atomic E-state index is 0.291. The molecule has 0 atom stereocenters. The maximum absolute atomic E-state index is 10.2. The van der Waals surface area contributed by atoms with Crippen molar-refractivity contribution in [3.8, 4) is 0 Å². The van der Waals surface area contributed by atoms with E-state index in [1.165, 1.54) is 12.4 Å². The zero-order valence-corrected chi connectivity index (χ0v) is 5.11. The molecule has 1 aromatic heterocycles. The number of hydrogen-bond donors (Lipinski definition) is 0. The minimum Gasteiger partial charge on any atom is -0.569 e. The van der Waals surface area contributed by atoms with E-state index in [2.05, 4.69) is 10.2 Å². The Morgan fingerprint density at radius 1 is 1.56 bits per heavy atom. The van der Waals surface area contributed by atoms with Crippen LogP contribution in [0.1, 0.15) is 12.5 Å². The summed E-state index contributed by atoms with van der Waals surface area (Å²) in [5.41, 5.74) is 0.974. The van der Waals surface area contributed by atoms with Crippen molar-refractivity contribution in [2.24, 2.45) is 0 Å². The van der Waals surface area contributed by atoms with Crippen LogP contribution in [0.25, 0.3) is 0 Å². The molecule has 1 heterocycles. The van der Waals surface area contributed by atoms with Crippen molar-refractivity contribution in [3.05, 3.63) is 23.2 Å². The smallest absolute Gasteiger partial charge is 0.104 e. The summed E-state index contributed by atoms with van der Waals surface area (Å²) in [7, 11) is 0. The van der Waals surface area contributed by atoms with Crippen molar-refractivity contribution >= 4 is 0 Å². The van der Waals surface area contributed by atoms with Gasteiger partial charge in [0.25, 0.3) is 0 Å². The van der Waals surface area contributed by atoms with Crippen molar-refractivity contribution < 1.29 is 4.96 Å². The van der Waals surface area contributed by atoms with E-state index in [9.17, 15) is 5.21 Å². The van der Waals surface area contributed by atoms with Crippen LogP contribution in [0.3, 0.4) is 0 Å². The summed E-state index contributed by atoms with van der Waals surface area (Å²) < 4.78 is 0. The van der Waals surface area contributed by atoms with E-state index in [0.717, 1.165) is 12.0 Å². The largest absolute Gasteiger partial charge is 0.569 e. The first-order valence-electron chi connectivity index (χ1n) is 2.74. The standard InChI is InChI=1S/C5H7N3O/c1-2-5-3-6-8(9)7-4-5/h3-4H,2H2,1H3. The summed E-state index contributed by atoms with van der Waals surface area (Å²) in [6.07, 6.45) is 3.89. The molecular formula is C5H7N3O. The molecule has 0 N–H and O–H groups in total. The van der Waals surface area contributed by atoms with E-state index in [4.69, 9.17) is 0 Å². The fourth-order valence-corrected chi connectivity index (χ4v) is 0.493. The van der Waals surface area contributed by atoms with E-state index in [0.29, 0.717) is 4.96 Å². The molecule has 1 aromatic rings. The number of aromatic nitrogens is 3. The first-order chi connectivity index (χ1) is 4.33. The molecule has 0 unspecified atom stereocenters. The van der Waals surface area contributed by atoms with Crippen molar-refractivity contribution in [2.45, 2.75) is 13.3 Å². The van der Waals surface area contributed by atoms with Gasteiger partial charge in [-0.1, -0.05) is 6.92 Å². The van der Waals surface area contributed by atoms with Crippen LogP contribution in [0.2, 0.25) is 0 Å². The number of nitrogens with zero attached hydrogens (tertiary/aromatic N) is 3. The second-order valence-electron chi connectivity index (χ2n) is 1.67. The molecule has 0 saturated carbocycles. The summed E-state index contributed by atoms with van der Waals surface area (Å²) in [5.74, 6) is 0. The van der Waals surface area contributed by atoms with Crippen molar-refractivity contribution in [2.75, 3.05) is 0 Å². The Labute approximate surface area is 52.7 Å². The minimum absolute atomic E-state index is 0.291. The lowest BCUT2D eigenvalue weighted by Crippen LogP contribution is -2.34. The van der Waals surface area contributed by atoms with Crippen LogP contribution >= 0.6 is 0 Å². The molecular weight excluding hydrogens is 118 g/mol. The van der Waals surface area contributed by atoms with Gasteiger partial charge in [-0.15, -0.1) is 0 Å². The number of aryl methyl sites for hydroxylation is 1. The molecule has 0 radical (unpaired) electrons. The van der Waals surface area contributed by atoms with Gasteiger partial charge in [0.2, 0.25) is 0 Å². The molecule has 0 amide bonds. The van der Waals surface area contributed by atoms with Gasteiger partial charge in [0.1, 0.15) is 12.4 Å². The van der Waals surface area contributed by atoms with E-state index in [1.54, 1.807) is 0 Å². The van der Waals surface area contributed by atoms with Gasteiger partial charge in [-0.3, -0.25) is 0 Å². The monoisotopic (exact) mass is 125 g/mol. The first kappa shape index (κ1) is 5.94. The van der Waals surface area contributed by atoms with Crippen LogP contribution in [0.15, 0.2) is 12.4 Å². The van der Waals surface area contributed by atoms with E-state index in [1.807, 2.05) is 6.92 Å². The highest BCUT2D eigenvalue weighted by molar-refractivity contribution is 4.98. The highest BCUT2D eigenvalue weighted by Gasteiger charge is 1.91. The molecule has 0 aromatic carbocycles. The predicted molar refractivity (Wildman–Crippen MR) is 30.4 cm³/mol. The molecule has 1 rings (SSSR count). The van der Waals surface area contributed by atoms with Gasteiger partial charge in [0.05, 0.1) is 4.96 Å². The van der Waals surface area contributed by atoms with Gasteiger partial charge in [-0.05, 0) is 6.42 Å². The Kier molecular flexibility index (Phi) is 1.58. The molecule has 0 aliphatic rings. The molecule has 0 saturated heterocycles. The van der Waals surface area contributed by atoms with Crippen molar-refractivity contribution in [1.29, 1.82) is 0 Å². The quantitative estimate of drug-likeness (QED) is 0.381. The molecule has 48 valence electrons. The summed E-state index contributed by atoms with van der Waals surface area (Å²) in [5, 5.41) is 17.0. The summed E-state index contributed by atoms with van der Waals surface area (Å²) in [6, 6.07) is 0. The zero-order chi connectivity index (χ0) is 6.69. The average molecular weight is 125 g/mol. The SMILES string of the molecule is CCc1cn[n+]([O-])nc1. The topological polar surface area (TPSA) is 52.7 Å². The third kappa shape index (κ3) is 1.35. The average Bonchev–Trinajstić information content (AvgIpc) is 1.90. The van der Waals surface area contributed by atoms with Crippen molar-refractivity contribution in [3.63, 3.8) is 0 Å². The Bertz CT molecular complexity index is 184. The highest BCUT2D eigenvalue weighted by atomic mass is 16.5. The Hall–Kier alpha value is -1.19. The second-order valence-corrected chi connectivity index (χ2v) is 1.67. The first-order valence-corrected chi connectivity index (χ1v) is 2.74. The summed E-state index contributed by atoms with van der Waals surface area (Å²) in [6.45, 7) is 1.98. The second kappa shape index (κ2) is 2.39. The molecule has 4 nitrogen and oxygen atoms in total. The lowest BCUT2D eigenvalue weighted by Gasteiger charge is -1.89. The van der Waals surface area contributed by atoms with Gasteiger partial charge in [0.15, 0.2) is 0 Å². The zero-order valence-electron chi connectivity index (χ0n) is 5.11. The van der Waals surface area contributed by atoms with Crippen LogP contribution in [0.4, 0.5) is 0 Å². The van der Waals surface area contributed by atoms with Crippen LogP contribution in [0, 0.1) is 5.21 Å². The Morgan fingerprint density at radius 3 is 2.56 bits per heavy atom. The summed E-state index contributed by atoms with van der Waals surface area (Å²) in [4.78, 5) is 0.291. The fourth-order valence-electron chi connectivity index (χ4n) is 0.493. The maximum Gasteiger partial charge on any atom is 0.104 e. The van der Waals surface area contributed by atoms with Gasteiger partial charge in [-0.25, -0.2) is 0 Å². The lowest BCUT2D eigenvalue weighted by atomic mass is 10.3. The predicted octanol–water partition coefficient (Wildman–Crippen LogP) is -0.328. The van der Waals surface area contributed by atoms with E-state index >= 15 is 0 Å². The van der Waals surface area contributed by atoms with E-state index in [-0.39, 0.29) is 0 Å². The molecule has 0 aliphatic carbocycles. The maximum atomic E-state index is 10.2. The van der Waals surface area contributed by atoms with Crippen LogP contribution < -0.4 is 4.96 Å². The number of rotatable bonds is 1. The van der Waals surface area contributed by atoms with Crippen molar-refractivity contribution in [1.82, 2.24) is 10.2 Å². The molecule has 0 spiro atoms. The lowest BCUT2D eigenvalue weighted by molar-refractivity contribution is -0.728. The molecule has 4 heteroatoms. The Morgan fingerprint density at radius 2 is 2.11 bits per heavy atom. The van der Waals surface area contributed by atoms with Gasteiger partial charge in [-0.2, -0.15) is 0 Å². The van der Waals surface area contributed by atoms with Crippen LogP contribution in [-0.2, 0) is 6.42 Å².